The molecule has 0 unspecified atom stereocenters. The Morgan fingerprint density at radius 3 is 2.02 bits per heavy atom. The van der Waals surface area contributed by atoms with E-state index in [-0.39, 0.29) is 5.41 Å². The van der Waals surface area contributed by atoms with Crippen LogP contribution >= 0.6 is 0 Å². The van der Waals surface area contributed by atoms with Crippen molar-refractivity contribution in [3.63, 3.8) is 0 Å². The minimum absolute atomic E-state index is 0.138. The Bertz CT molecular complexity index is 2850. The summed E-state index contributed by atoms with van der Waals surface area (Å²) in [6, 6.07) is 51.5. The number of fused-ring (bicyclic) bond motifs is 4. The van der Waals surface area contributed by atoms with Crippen molar-refractivity contribution in [2.24, 2.45) is 0 Å². The van der Waals surface area contributed by atoms with E-state index in [1.807, 2.05) is 0 Å². The first kappa shape index (κ1) is 27.9. The standard InChI is InChI=1S/C46H33BN3/c1-27-22-24-28(25-23-27)48-37-19-7-4-12-29(37)33-26-40(49-38-20-8-5-13-30(38)31-14-6-9-21-39(31)49)41-32-15-10-16-34-43(32)50-44-35(46(34,2)3)17-11-18-36(44)47-42(33)45(41)50/h4-26,48H,1-3H3. The van der Waals surface area contributed by atoms with E-state index < -0.39 is 0 Å². The van der Waals surface area contributed by atoms with Crippen LogP contribution in [0.4, 0.5) is 11.4 Å². The number of nitrogens with one attached hydrogen (secondary N) is 1. The zero-order chi connectivity index (χ0) is 33.3. The second kappa shape index (κ2) is 9.80. The summed E-state index contributed by atoms with van der Waals surface area (Å²) in [7, 11) is 2.45. The van der Waals surface area contributed by atoms with Crippen LogP contribution in [0.15, 0.2) is 140 Å². The van der Waals surface area contributed by atoms with Crippen LogP contribution in [0.1, 0.15) is 30.5 Å². The van der Waals surface area contributed by atoms with Crippen LogP contribution in [-0.4, -0.2) is 16.4 Å². The number of anilines is 2. The average Bonchev–Trinajstić information content (AvgIpc) is 3.67. The van der Waals surface area contributed by atoms with Gasteiger partial charge < -0.3 is 14.5 Å². The lowest BCUT2D eigenvalue weighted by Gasteiger charge is -2.37. The van der Waals surface area contributed by atoms with E-state index >= 15 is 0 Å². The van der Waals surface area contributed by atoms with E-state index in [1.54, 1.807) is 0 Å². The highest BCUT2D eigenvalue weighted by Crippen LogP contribution is 2.50. The molecule has 0 saturated heterocycles. The van der Waals surface area contributed by atoms with E-state index in [9.17, 15) is 0 Å². The molecule has 1 radical (unpaired) electrons. The molecule has 2 aromatic heterocycles. The number of aromatic nitrogens is 2. The van der Waals surface area contributed by atoms with Gasteiger partial charge in [0.2, 0.25) is 0 Å². The predicted molar refractivity (Wildman–Crippen MR) is 212 cm³/mol. The Balaban J connectivity index is 1.34. The van der Waals surface area contributed by atoms with E-state index in [0.29, 0.717) is 0 Å². The molecule has 0 atom stereocenters. The lowest BCUT2D eigenvalue weighted by Crippen LogP contribution is -2.41. The van der Waals surface area contributed by atoms with Crippen molar-refractivity contribution < 1.29 is 0 Å². The third kappa shape index (κ3) is 3.55. The summed E-state index contributed by atoms with van der Waals surface area (Å²) in [6.07, 6.45) is 0. The molecule has 4 heterocycles. The number of aryl methyl sites for hydroxylation is 1. The quantitative estimate of drug-likeness (QED) is 0.191. The lowest BCUT2D eigenvalue weighted by molar-refractivity contribution is 0.631. The topological polar surface area (TPSA) is 21.9 Å². The van der Waals surface area contributed by atoms with E-state index in [0.717, 1.165) is 11.4 Å². The van der Waals surface area contributed by atoms with Crippen LogP contribution in [0.5, 0.6) is 0 Å². The van der Waals surface area contributed by atoms with Crippen molar-refractivity contribution in [2.45, 2.75) is 26.2 Å². The zero-order valence-electron chi connectivity index (χ0n) is 28.3. The van der Waals surface area contributed by atoms with Crippen molar-refractivity contribution in [3.8, 4) is 22.5 Å². The molecule has 2 aliphatic rings. The highest BCUT2D eigenvalue weighted by molar-refractivity contribution is 6.73. The summed E-state index contributed by atoms with van der Waals surface area (Å²) in [6.45, 7) is 6.91. The zero-order valence-corrected chi connectivity index (χ0v) is 28.3. The maximum Gasteiger partial charge on any atom is 0.197 e. The number of nitrogens with zero attached hydrogens (tertiary/aromatic N) is 2. The minimum atomic E-state index is -0.138. The van der Waals surface area contributed by atoms with Crippen molar-refractivity contribution in [1.82, 2.24) is 9.13 Å². The van der Waals surface area contributed by atoms with Gasteiger partial charge in [-0.05, 0) is 65.5 Å². The summed E-state index contributed by atoms with van der Waals surface area (Å²) in [5, 5.41) is 8.93. The lowest BCUT2D eigenvalue weighted by atomic mass is 9.57. The highest BCUT2D eigenvalue weighted by atomic mass is 15.0. The summed E-state index contributed by atoms with van der Waals surface area (Å²) < 4.78 is 5.13. The monoisotopic (exact) mass is 638 g/mol. The third-order valence-corrected chi connectivity index (χ3v) is 11.4. The average molecular weight is 639 g/mol. The molecule has 4 heteroatoms. The normalized spacial score (nSPS) is 13.8. The van der Waals surface area contributed by atoms with Gasteiger partial charge in [0.15, 0.2) is 7.28 Å². The Labute approximate surface area is 291 Å². The van der Waals surface area contributed by atoms with Crippen LogP contribution in [-0.2, 0) is 5.41 Å². The van der Waals surface area contributed by atoms with Crippen LogP contribution in [0.25, 0.3) is 66.1 Å². The van der Waals surface area contributed by atoms with Gasteiger partial charge >= 0.3 is 0 Å². The molecule has 3 nitrogen and oxygen atoms in total. The second-order valence-corrected chi connectivity index (χ2v) is 14.5. The number of hydrogen-bond donors (Lipinski definition) is 1. The molecule has 0 fully saturated rings. The largest absolute Gasteiger partial charge is 0.355 e. The van der Waals surface area contributed by atoms with Crippen molar-refractivity contribution in [2.75, 3.05) is 5.32 Å². The Kier molecular flexibility index (Phi) is 5.47. The molecule has 0 spiro atoms. The van der Waals surface area contributed by atoms with Gasteiger partial charge in [0.1, 0.15) is 0 Å². The van der Waals surface area contributed by atoms with Gasteiger partial charge in [0.05, 0.1) is 27.8 Å². The molecule has 0 bridgehead atoms. The van der Waals surface area contributed by atoms with Crippen molar-refractivity contribution in [3.05, 3.63) is 156 Å². The number of benzene rings is 7. The highest BCUT2D eigenvalue weighted by Gasteiger charge is 2.39. The molecule has 9 aromatic rings. The Hall–Kier alpha value is -6.00. The summed E-state index contributed by atoms with van der Waals surface area (Å²) in [5.41, 5.74) is 18.5. The third-order valence-electron chi connectivity index (χ3n) is 11.4. The van der Waals surface area contributed by atoms with E-state index in [4.69, 9.17) is 0 Å². The molecular formula is C46H33BN3. The fourth-order valence-corrected chi connectivity index (χ4v) is 9.07. The molecule has 11 rings (SSSR count). The summed E-state index contributed by atoms with van der Waals surface area (Å²) in [5.74, 6) is 0. The van der Waals surface area contributed by atoms with Gasteiger partial charge in [-0.3, -0.25) is 0 Å². The molecule has 0 amide bonds. The van der Waals surface area contributed by atoms with Gasteiger partial charge in [-0.15, -0.1) is 0 Å². The number of para-hydroxylation sites is 5. The molecular weight excluding hydrogens is 605 g/mol. The first-order chi connectivity index (χ1) is 24.5. The second-order valence-electron chi connectivity index (χ2n) is 14.5. The van der Waals surface area contributed by atoms with Crippen molar-refractivity contribution >= 4 is 73.2 Å². The molecule has 1 N–H and O–H groups in total. The van der Waals surface area contributed by atoms with Gasteiger partial charge in [0.25, 0.3) is 0 Å². The van der Waals surface area contributed by atoms with Crippen LogP contribution in [0.2, 0.25) is 0 Å². The fraction of sp³-hybridized carbons (Fsp3) is 0.0870. The van der Waals surface area contributed by atoms with E-state index in [1.165, 1.54) is 93.7 Å². The van der Waals surface area contributed by atoms with Crippen molar-refractivity contribution in [1.29, 1.82) is 0 Å². The Morgan fingerprint density at radius 2 is 1.24 bits per heavy atom. The number of rotatable bonds is 4. The predicted octanol–water partition coefficient (Wildman–Crippen LogP) is 10.2. The molecule has 235 valence electrons. The smallest absolute Gasteiger partial charge is 0.197 e. The van der Waals surface area contributed by atoms with Crippen LogP contribution in [0, 0.1) is 6.92 Å². The van der Waals surface area contributed by atoms with Crippen LogP contribution < -0.4 is 16.2 Å². The molecule has 0 aliphatic carbocycles. The van der Waals surface area contributed by atoms with Gasteiger partial charge in [-0.1, -0.05) is 128 Å². The fourth-order valence-electron chi connectivity index (χ4n) is 9.07. The van der Waals surface area contributed by atoms with Gasteiger partial charge in [-0.25, -0.2) is 0 Å². The molecule has 2 aliphatic heterocycles. The minimum Gasteiger partial charge on any atom is -0.355 e. The van der Waals surface area contributed by atoms with Gasteiger partial charge in [-0.2, -0.15) is 0 Å². The molecule has 50 heavy (non-hydrogen) atoms. The van der Waals surface area contributed by atoms with E-state index in [2.05, 4.69) is 182 Å². The summed E-state index contributed by atoms with van der Waals surface area (Å²) >= 11 is 0. The maximum absolute atomic E-state index is 3.79. The maximum atomic E-state index is 3.79. The van der Waals surface area contributed by atoms with Gasteiger partial charge in [0, 0.05) is 49.6 Å². The number of hydrogen-bond acceptors (Lipinski definition) is 1. The SMILES string of the molecule is Cc1ccc(Nc2ccccc2-c2cc(-n3c4ccccc4c4ccccc43)c3c4cccc5c4n4c3c2[B]c2cccc(c2-4)C5(C)C)cc1. The molecule has 0 saturated carbocycles. The first-order valence-corrected chi connectivity index (χ1v) is 17.5. The van der Waals surface area contributed by atoms with Crippen LogP contribution in [0.3, 0.4) is 0 Å². The summed E-state index contributed by atoms with van der Waals surface area (Å²) in [4.78, 5) is 0. The Morgan fingerprint density at radius 1 is 0.580 bits per heavy atom. The molecule has 7 aromatic carbocycles. The first-order valence-electron chi connectivity index (χ1n) is 17.5.